The Morgan fingerprint density at radius 2 is 2.24 bits per heavy atom. The molecule has 1 aromatic carbocycles. The Labute approximate surface area is 127 Å². The average molecular weight is 311 g/mol. The number of benzene rings is 1. The van der Waals surface area contributed by atoms with Crippen LogP contribution < -0.4 is 5.32 Å². The maximum atomic E-state index is 13.5. The molecule has 0 radical (unpaired) electrons. The highest BCUT2D eigenvalue weighted by Gasteiger charge is 2.09. The van der Waals surface area contributed by atoms with Crippen molar-refractivity contribution in [2.45, 2.75) is 13.0 Å². The largest absolute Gasteiger partial charge is 0.468 e. The maximum Gasteiger partial charge on any atom is 0.225 e. The van der Waals surface area contributed by atoms with Crippen LogP contribution in [0.5, 0.6) is 0 Å². The van der Waals surface area contributed by atoms with E-state index in [0.717, 1.165) is 5.76 Å². The van der Waals surface area contributed by atoms with E-state index in [1.54, 1.807) is 6.26 Å². The van der Waals surface area contributed by atoms with Crippen LogP contribution in [0.25, 0.3) is 0 Å². The maximum absolute atomic E-state index is 13.5. The van der Waals surface area contributed by atoms with Crippen molar-refractivity contribution < 1.29 is 13.6 Å². The number of hydrogen-bond donors (Lipinski definition) is 1. The lowest BCUT2D eigenvalue weighted by molar-refractivity contribution is -0.116. The van der Waals surface area contributed by atoms with E-state index in [1.807, 2.05) is 24.1 Å². The van der Waals surface area contributed by atoms with Crippen molar-refractivity contribution in [2.24, 2.45) is 0 Å². The van der Waals surface area contributed by atoms with Crippen LogP contribution in [-0.4, -0.2) is 24.4 Å². The van der Waals surface area contributed by atoms with Crippen LogP contribution >= 0.6 is 11.6 Å². The van der Waals surface area contributed by atoms with E-state index in [1.165, 1.54) is 18.2 Å². The van der Waals surface area contributed by atoms with E-state index >= 15 is 0 Å². The topological polar surface area (TPSA) is 45.5 Å². The molecule has 21 heavy (non-hydrogen) atoms. The zero-order chi connectivity index (χ0) is 15.2. The summed E-state index contributed by atoms with van der Waals surface area (Å²) in [6.07, 6.45) is 1.87. The predicted molar refractivity (Wildman–Crippen MR) is 79.7 cm³/mol. The predicted octanol–water partition coefficient (Wildman–Crippen LogP) is 3.53. The standard InChI is InChI=1S/C15H16ClFN2O2/c1-19(10-12-3-2-8-21-12)7-6-15(20)18-14-5-4-11(16)9-13(14)17/h2-5,8-9H,6-7,10H2,1H3,(H,18,20). The average Bonchev–Trinajstić information content (AvgIpc) is 2.92. The molecule has 2 rings (SSSR count). The summed E-state index contributed by atoms with van der Waals surface area (Å²) in [6, 6.07) is 7.84. The second-order valence-electron chi connectivity index (χ2n) is 4.74. The molecule has 0 saturated carbocycles. The van der Waals surface area contributed by atoms with Gasteiger partial charge in [-0.3, -0.25) is 9.69 Å². The quantitative estimate of drug-likeness (QED) is 0.887. The van der Waals surface area contributed by atoms with Gasteiger partial charge in [0.2, 0.25) is 5.91 Å². The Hall–Kier alpha value is -1.85. The van der Waals surface area contributed by atoms with Gasteiger partial charge in [0.05, 0.1) is 18.5 Å². The monoisotopic (exact) mass is 310 g/mol. The highest BCUT2D eigenvalue weighted by atomic mass is 35.5. The summed E-state index contributed by atoms with van der Waals surface area (Å²) in [4.78, 5) is 13.8. The molecular formula is C15H16ClFN2O2. The van der Waals surface area contributed by atoms with Gasteiger partial charge in [-0.25, -0.2) is 4.39 Å². The molecule has 0 aliphatic rings. The number of amides is 1. The van der Waals surface area contributed by atoms with Gasteiger partial charge in [-0.2, -0.15) is 0 Å². The number of carbonyl (C=O) groups excluding carboxylic acids is 1. The molecule has 0 aliphatic heterocycles. The molecule has 1 heterocycles. The molecule has 0 unspecified atom stereocenters. The molecule has 0 atom stereocenters. The molecular weight excluding hydrogens is 295 g/mol. The lowest BCUT2D eigenvalue weighted by atomic mass is 10.3. The van der Waals surface area contributed by atoms with Crippen molar-refractivity contribution in [1.82, 2.24) is 4.90 Å². The lowest BCUT2D eigenvalue weighted by Gasteiger charge is -2.14. The highest BCUT2D eigenvalue weighted by molar-refractivity contribution is 6.30. The Kier molecular flexibility index (Phi) is 5.36. The molecule has 0 saturated heterocycles. The van der Waals surface area contributed by atoms with Gasteiger partial charge in [-0.15, -0.1) is 0 Å². The summed E-state index contributed by atoms with van der Waals surface area (Å²) in [6.45, 7) is 1.16. The van der Waals surface area contributed by atoms with Crippen LogP contribution in [0.4, 0.5) is 10.1 Å². The lowest BCUT2D eigenvalue weighted by Crippen LogP contribution is -2.24. The summed E-state index contributed by atoms with van der Waals surface area (Å²) < 4.78 is 18.8. The van der Waals surface area contributed by atoms with Crippen molar-refractivity contribution in [1.29, 1.82) is 0 Å². The Bertz CT molecular complexity index is 602. The van der Waals surface area contributed by atoms with E-state index in [0.29, 0.717) is 18.1 Å². The van der Waals surface area contributed by atoms with Crippen LogP contribution in [0.15, 0.2) is 41.0 Å². The van der Waals surface area contributed by atoms with E-state index in [2.05, 4.69) is 5.32 Å². The van der Waals surface area contributed by atoms with E-state index < -0.39 is 5.82 Å². The zero-order valence-electron chi connectivity index (χ0n) is 11.6. The second-order valence-corrected chi connectivity index (χ2v) is 5.18. The van der Waals surface area contributed by atoms with Gasteiger partial charge in [0.15, 0.2) is 0 Å². The van der Waals surface area contributed by atoms with E-state index in [-0.39, 0.29) is 18.0 Å². The fourth-order valence-corrected chi connectivity index (χ4v) is 2.00. The third-order valence-corrected chi connectivity index (χ3v) is 3.17. The normalized spacial score (nSPS) is 10.9. The van der Waals surface area contributed by atoms with Crippen molar-refractivity contribution >= 4 is 23.2 Å². The van der Waals surface area contributed by atoms with Gasteiger partial charge in [0.1, 0.15) is 11.6 Å². The zero-order valence-corrected chi connectivity index (χ0v) is 12.4. The summed E-state index contributed by atoms with van der Waals surface area (Å²) in [7, 11) is 1.89. The molecule has 0 aliphatic carbocycles. The first-order valence-corrected chi connectivity index (χ1v) is 6.88. The molecule has 112 valence electrons. The third kappa shape index (κ3) is 4.88. The first kappa shape index (κ1) is 15.5. The van der Waals surface area contributed by atoms with Gasteiger partial charge >= 0.3 is 0 Å². The Balaban J connectivity index is 1.79. The summed E-state index contributed by atoms with van der Waals surface area (Å²) >= 11 is 5.66. The Morgan fingerprint density at radius 3 is 2.90 bits per heavy atom. The summed E-state index contributed by atoms with van der Waals surface area (Å²) in [5.41, 5.74) is 0.137. The van der Waals surface area contributed by atoms with E-state index in [9.17, 15) is 9.18 Å². The van der Waals surface area contributed by atoms with Crippen molar-refractivity contribution in [3.05, 3.63) is 53.2 Å². The number of carbonyl (C=O) groups is 1. The number of nitrogens with zero attached hydrogens (tertiary/aromatic N) is 1. The van der Waals surface area contributed by atoms with Gasteiger partial charge in [-0.1, -0.05) is 11.6 Å². The van der Waals surface area contributed by atoms with Crippen LogP contribution in [0.1, 0.15) is 12.2 Å². The molecule has 0 bridgehead atoms. The number of anilines is 1. The minimum absolute atomic E-state index is 0.137. The summed E-state index contributed by atoms with van der Waals surface area (Å²) in [5.74, 6) is 0.0453. The fourth-order valence-electron chi connectivity index (χ4n) is 1.84. The third-order valence-electron chi connectivity index (χ3n) is 2.93. The first-order chi connectivity index (χ1) is 10.0. The SMILES string of the molecule is CN(CCC(=O)Nc1ccc(Cl)cc1F)Cc1ccco1. The molecule has 2 aromatic rings. The molecule has 4 nitrogen and oxygen atoms in total. The van der Waals surface area contributed by atoms with Gasteiger partial charge < -0.3 is 9.73 Å². The molecule has 1 aromatic heterocycles. The minimum Gasteiger partial charge on any atom is -0.468 e. The molecule has 0 fully saturated rings. The van der Waals surface area contributed by atoms with Crippen LogP contribution in [-0.2, 0) is 11.3 Å². The Morgan fingerprint density at radius 1 is 1.43 bits per heavy atom. The second kappa shape index (κ2) is 7.24. The van der Waals surface area contributed by atoms with Gasteiger partial charge in [0, 0.05) is 18.0 Å². The molecule has 1 amide bonds. The fraction of sp³-hybridized carbons (Fsp3) is 0.267. The van der Waals surface area contributed by atoms with Crippen LogP contribution in [0.2, 0.25) is 5.02 Å². The molecule has 6 heteroatoms. The smallest absolute Gasteiger partial charge is 0.225 e. The number of furan rings is 1. The van der Waals surface area contributed by atoms with E-state index in [4.69, 9.17) is 16.0 Å². The summed E-state index contributed by atoms with van der Waals surface area (Å²) in [5, 5.41) is 2.82. The van der Waals surface area contributed by atoms with Gasteiger partial charge in [-0.05, 0) is 37.4 Å². The van der Waals surface area contributed by atoms with Crippen molar-refractivity contribution in [3.8, 4) is 0 Å². The number of hydrogen-bond acceptors (Lipinski definition) is 3. The number of nitrogens with one attached hydrogen (secondary N) is 1. The minimum atomic E-state index is -0.542. The van der Waals surface area contributed by atoms with Crippen molar-refractivity contribution in [2.75, 3.05) is 18.9 Å². The highest BCUT2D eigenvalue weighted by Crippen LogP contribution is 2.19. The number of halogens is 2. The number of rotatable bonds is 6. The van der Waals surface area contributed by atoms with Crippen molar-refractivity contribution in [3.63, 3.8) is 0 Å². The van der Waals surface area contributed by atoms with Crippen LogP contribution in [0, 0.1) is 5.82 Å². The molecule has 0 spiro atoms. The molecule has 1 N–H and O–H groups in total. The van der Waals surface area contributed by atoms with Gasteiger partial charge in [0.25, 0.3) is 0 Å². The first-order valence-electron chi connectivity index (χ1n) is 6.50. The van der Waals surface area contributed by atoms with Crippen LogP contribution in [0.3, 0.4) is 0 Å².